The highest BCUT2D eigenvalue weighted by Gasteiger charge is 2.46. The lowest BCUT2D eigenvalue weighted by molar-refractivity contribution is 0.130. The van der Waals surface area contributed by atoms with Crippen LogP contribution in [-0.2, 0) is 0 Å². The second-order valence-electron chi connectivity index (χ2n) is 14.2. The monoisotopic (exact) mass is 462 g/mol. The van der Waals surface area contributed by atoms with Crippen LogP contribution in [-0.4, -0.2) is 46.5 Å². The van der Waals surface area contributed by atoms with Gasteiger partial charge in [0.2, 0.25) is 0 Å². The van der Waals surface area contributed by atoms with E-state index in [0.29, 0.717) is 6.04 Å². The second-order valence-corrected chi connectivity index (χ2v) is 14.2. The summed E-state index contributed by atoms with van der Waals surface area (Å²) >= 11 is 0. The highest BCUT2D eigenvalue weighted by Crippen LogP contribution is 2.46. The van der Waals surface area contributed by atoms with Crippen molar-refractivity contribution in [3.8, 4) is 0 Å². The summed E-state index contributed by atoms with van der Waals surface area (Å²) < 4.78 is 0. The van der Waals surface area contributed by atoms with Gasteiger partial charge in [0.05, 0.1) is 24.2 Å². The number of nitrogens with zero attached hydrogens (tertiary/aromatic N) is 3. The Morgan fingerprint density at radius 1 is 0.912 bits per heavy atom. The molecule has 4 aliphatic heterocycles. The van der Waals surface area contributed by atoms with Gasteiger partial charge in [0.1, 0.15) is 0 Å². The van der Waals surface area contributed by atoms with Crippen molar-refractivity contribution in [3.05, 3.63) is 47.3 Å². The van der Waals surface area contributed by atoms with E-state index in [9.17, 15) is 0 Å². The van der Waals surface area contributed by atoms with Crippen molar-refractivity contribution in [1.29, 1.82) is 0 Å². The highest BCUT2D eigenvalue weighted by atomic mass is 15.3. The molecule has 4 unspecified atom stereocenters. The summed E-state index contributed by atoms with van der Waals surface area (Å²) in [5.74, 6) is 0. The first-order valence-corrected chi connectivity index (χ1v) is 13.0. The molecule has 0 aliphatic carbocycles. The highest BCUT2D eigenvalue weighted by molar-refractivity contribution is 5.97. The number of nitrogens with one attached hydrogen (secondary N) is 1. The molecule has 4 rings (SSSR count). The number of hydrogen-bond donors (Lipinski definition) is 1. The largest absolute Gasteiger partial charge is 0.379 e. The fraction of sp³-hybridized carbons (Fsp3) is 0.667. The molecular formula is C30H46N4. The van der Waals surface area contributed by atoms with Gasteiger partial charge in [-0.2, -0.15) is 0 Å². The third-order valence-electron chi connectivity index (χ3n) is 7.50. The Balaban J connectivity index is 1.65. The molecule has 186 valence electrons. The molecule has 34 heavy (non-hydrogen) atoms. The van der Waals surface area contributed by atoms with Gasteiger partial charge in [0.25, 0.3) is 0 Å². The second kappa shape index (κ2) is 7.96. The summed E-state index contributed by atoms with van der Waals surface area (Å²) in [6, 6.07) is 0.943. The van der Waals surface area contributed by atoms with Crippen molar-refractivity contribution in [2.24, 2.45) is 26.2 Å². The smallest absolute Gasteiger partial charge is 0.0970 e. The molecule has 0 spiro atoms. The molecule has 4 heterocycles. The topological polar surface area (TPSA) is 40.0 Å². The van der Waals surface area contributed by atoms with Gasteiger partial charge in [-0.3, -0.25) is 9.98 Å². The van der Waals surface area contributed by atoms with Gasteiger partial charge in [0, 0.05) is 39.7 Å². The number of fused-ring (bicyclic) bond motifs is 2. The van der Waals surface area contributed by atoms with Crippen molar-refractivity contribution < 1.29 is 0 Å². The third-order valence-corrected chi connectivity index (χ3v) is 7.50. The first-order chi connectivity index (χ1) is 15.5. The van der Waals surface area contributed by atoms with E-state index in [2.05, 4.69) is 117 Å². The van der Waals surface area contributed by atoms with Gasteiger partial charge in [-0.25, -0.2) is 0 Å². The van der Waals surface area contributed by atoms with Gasteiger partial charge in [-0.05, 0) is 56.4 Å². The fourth-order valence-electron chi connectivity index (χ4n) is 6.14. The molecule has 0 bridgehead atoms. The van der Waals surface area contributed by atoms with Crippen LogP contribution in [0.1, 0.15) is 82.6 Å². The third kappa shape index (κ3) is 4.45. The van der Waals surface area contributed by atoms with Crippen LogP contribution in [0.3, 0.4) is 0 Å². The van der Waals surface area contributed by atoms with Crippen molar-refractivity contribution in [2.75, 3.05) is 0 Å². The zero-order valence-electron chi connectivity index (χ0n) is 23.3. The zero-order valence-corrected chi connectivity index (χ0v) is 23.3. The lowest BCUT2D eigenvalue weighted by atomic mass is 9.74. The Kier molecular flexibility index (Phi) is 5.86. The fourth-order valence-corrected chi connectivity index (χ4v) is 6.14. The summed E-state index contributed by atoms with van der Waals surface area (Å²) in [7, 11) is 0. The standard InChI is InChI=1S/C30H46N4/c1-27(2,3)23-17-21-22(34(23)29(7,8)9)15-14-19(32-21)18-30(10,11)26-24(28(4,5)6)25-20(33-26)13-12-16-31-25/h12-17,20-22,25,33H,18H2,1-11H3. The van der Waals surface area contributed by atoms with Crippen LogP contribution in [0.5, 0.6) is 0 Å². The first kappa shape index (κ1) is 25.0. The average Bonchev–Trinajstić information content (AvgIpc) is 3.26. The van der Waals surface area contributed by atoms with E-state index < -0.39 is 0 Å². The molecule has 4 atom stereocenters. The lowest BCUT2D eigenvalue weighted by Crippen LogP contribution is -2.49. The van der Waals surface area contributed by atoms with Crippen LogP contribution in [0.25, 0.3) is 0 Å². The first-order valence-electron chi connectivity index (χ1n) is 13.0. The quantitative estimate of drug-likeness (QED) is 0.522. The molecule has 4 aliphatic rings. The molecule has 4 nitrogen and oxygen atoms in total. The van der Waals surface area contributed by atoms with Crippen LogP contribution >= 0.6 is 0 Å². The van der Waals surface area contributed by atoms with Crippen molar-refractivity contribution in [3.63, 3.8) is 0 Å². The molecule has 0 aromatic heterocycles. The van der Waals surface area contributed by atoms with Crippen molar-refractivity contribution >= 4 is 11.9 Å². The Bertz CT molecular complexity index is 1010. The van der Waals surface area contributed by atoms with E-state index in [-0.39, 0.29) is 39.9 Å². The number of allylic oxidation sites excluding steroid dienone is 4. The van der Waals surface area contributed by atoms with E-state index in [1.807, 2.05) is 6.21 Å². The molecule has 0 aromatic rings. The number of dihydropyridines is 2. The van der Waals surface area contributed by atoms with E-state index in [1.54, 1.807) is 0 Å². The van der Waals surface area contributed by atoms with Gasteiger partial charge in [-0.1, -0.05) is 67.5 Å². The summed E-state index contributed by atoms with van der Waals surface area (Å²) in [5, 5.41) is 3.86. The van der Waals surface area contributed by atoms with E-state index in [0.717, 1.165) is 6.42 Å². The Morgan fingerprint density at radius 3 is 2.18 bits per heavy atom. The number of hydrogen-bond acceptors (Lipinski definition) is 4. The lowest BCUT2D eigenvalue weighted by Gasteiger charge is -2.45. The van der Waals surface area contributed by atoms with Crippen LogP contribution < -0.4 is 5.32 Å². The predicted octanol–water partition coefficient (Wildman–Crippen LogP) is 6.48. The molecule has 1 N–H and O–H groups in total. The molecule has 0 fully saturated rings. The molecule has 0 aromatic carbocycles. The van der Waals surface area contributed by atoms with E-state index >= 15 is 0 Å². The maximum Gasteiger partial charge on any atom is 0.0970 e. The molecular weight excluding hydrogens is 416 g/mol. The molecule has 0 saturated heterocycles. The minimum Gasteiger partial charge on any atom is -0.379 e. The van der Waals surface area contributed by atoms with Crippen molar-refractivity contribution in [2.45, 2.75) is 112 Å². The van der Waals surface area contributed by atoms with Crippen LogP contribution in [0.15, 0.2) is 57.3 Å². The van der Waals surface area contributed by atoms with Crippen LogP contribution in [0, 0.1) is 16.2 Å². The minimum atomic E-state index is -0.0573. The van der Waals surface area contributed by atoms with Crippen molar-refractivity contribution in [1.82, 2.24) is 10.2 Å². The molecule has 0 radical (unpaired) electrons. The Hall–Kier alpha value is -2.10. The summed E-state index contributed by atoms with van der Waals surface area (Å²) in [5.41, 5.74) is 5.55. The van der Waals surface area contributed by atoms with E-state index in [1.165, 1.54) is 22.7 Å². The normalized spacial score (nSPS) is 29.2. The maximum absolute atomic E-state index is 5.32. The predicted molar refractivity (Wildman–Crippen MR) is 147 cm³/mol. The molecule has 0 saturated carbocycles. The molecule has 0 amide bonds. The Labute approximate surface area is 208 Å². The summed E-state index contributed by atoms with van der Waals surface area (Å²) in [6.45, 7) is 25.6. The maximum atomic E-state index is 5.32. The minimum absolute atomic E-state index is 0.0552. The van der Waals surface area contributed by atoms with Gasteiger partial charge in [0.15, 0.2) is 0 Å². The zero-order chi connectivity index (χ0) is 25.3. The van der Waals surface area contributed by atoms with Crippen LogP contribution in [0.2, 0.25) is 0 Å². The molecule has 4 heteroatoms. The SMILES string of the molecule is CC(C)(C)C1=CC2N=C(CC(C)(C)C3=C(C(C)(C)C)C4N=CC=CC4N3)C=CC2N1C(C)(C)C. The summed E-state index contributed by atoms with van der Waals surface area (Å²) in [4.78, 5) is 12.8. The van der Waals surface area contributed by atoms with Crippen LogP contribution in [0.4, 0.5) is 0 Å². The average molecular weight is 463 g/mol. The number of rotatable bonds is 3. The van der Waals surface area contributed by atoms with Gasteiger partial charge in [-0.15, -0.1) is 0 Å². The van der Waals surface area contributed by atoms with Gasteiger partial charge >= 0.3 is 0 Å². The summed E-state index contributed by atoms with van der Waals surface area (Å²) in [6.07, 6.45) is 14.3. The Morgan fingerprint density at radius 2 is 1.59 bits per heavy atom. The van der Waals surface area contributed by atoms with Gasteiger partial charge < -0.3 is 10.2 Å². The van der Waals surface area contributed by atoms with E-state index in [4.69, 9.17) is 9.98 Å². The number of aliphatic imine (C=N–C) groups is 2.